The van der Waals surface area contributed by atoms with Gasteiger partial charge in [-0.2, -0.15) is 0 Å². The number of rotatable bonds is 10. The van der Waals surface area contributed by atoms with Crippen molar-refractivity contribution < 1.29 is 4.79 Å². The second-order valence-corrected chi connectivity index (χ2v) is 6.95. The van der Waals surface area contributed by atoms with Gasteiger partial charge in [0.15, 0.2) is 5.96 Å². The van der Waals surface area contributed by atoms with E-state index in [1.54, 1.807) is 24.5 Å². The predicted molar refractivity (Wildman–Crippen MR) is 119 cm³/mol. The third kappa shape index (κ3) is 8.74. The van der Waals surface area contributed by atoms with Gasteiger partial charge in [0.25, 0.3) is 0 Å². The number of benzene rings is 1. The molecule has 1 aromatic heterocycles. The van der Waals surface area contributed by atoms with Crippen LogP contribution in [0.1, 0.15) is 25.8 Å². The highest BCUT2D eigenvalue weighted by molar-refractivity contribution is 5.93. The number of nitrogens with one attached hydrogen (secondary N) is 3. The van der Waals surface area contributed by atoms with Crippen molar-refractivity contribution >= 4 is 17.6 Å². The first-order valence-electron chi connectivity index (χ1n) is 10.0. The fourth-order valence-electron chi connectivity index (χ4n) is 2.78. The monoisotopic (exact) mass is 396 g/mol. The SMILES string of the molecule is CCNC(=NCC(=O)Nc1cccnc1)NCCC(C)N(C)Cc1ccccc1. The molecule has 156 valence electrons. The lowest BCUT2D eigenvalue weighted by molar-refractivity contribution is -0.114. The molecule has 3 N–H and O–H groups in total. The topological polar surface area (TPSA) is 81.6 Å². The first-order valence-corrected chi connectivity index (χ1v) is 10.0. The molecule has 0 aliphatic rings. The molecule has 0 saturated heterocycles. The van der Waals surface area contributed by atoms with E-state index in [4.69, 9.17) is 0 Å². The van der Waals surface area contributed by atoms with Crippen molar-refractivity contribution in [2.24, 2.45) is 4.99 Å². The third-order valence-corrected chi connectivity index (χ3v) is 4.55. The minimum absolute atomic E-state index is 0.0493. The Hall–Kier alpha value is -2.93. The lowest BCUT2D eigenvalue weighted by Crippen LogP contribution is -2.40. The maximum absolute atomic E-state index is 12.1. The summed E-state index contributed by atoms with van der Waals surface area (Å²) in [5, 5.41) is 9.27. The Morgan fingerprint density at radius 3 is 2.66 bits per heavy atom. The number of pyridine rings is 1. The number of hydrogen-bond acceptors (Lipinski definition) is 4. The van der Waals surface area contributed by atoms with Crippen LogP contribution in [-0.4, -0.2) is 54.5 Å². The summed E-state index contributed by atoms with van der Waals surface area (Å²) in [5.41, 5.74) is 1.98. The van der Waals surface area contributed by atoms with Crippen LogP contribution >= 0.6 is 0 Å². The van der Waals surface area contributed by atoms with E-state index in [1.807, 2.05) is 13.0 Å². The average molecular weight is 397 g/mol. The van der Waals surface area contributed by atoms with Gasteiger partial charge in [-0.05, 0) is 45.0 Å². The van der Waals surface area contributed by atoms with Crippen molar-refractivity contribution in [3.8, 4) is 0 Å². The van der Waals surface area contributed by atoms with Gasteiger partial charge < -0.3 is 16.0 Å². The molecule has 2 rings (SSSR count). The summed E-state index contributed by atoms with van der Waals surface area (Å²) in [4.78, 5) is 22.7. The fourth-order valence-corrected chi connectivity index (χ4v) is 2.78. The molecule has 0 fully saturated rings. The second-order valence-electron chi connectivity index (χ2n) is 6.95. The number of aromatic nitrogens is 1. The third-order valence-electron chi connectivity index (χ3n) is 4.55. The smallest absolute Gasteiger partial charge is 0.246 e. The Kier molecular flexibility index (Phi) is 9.65. The van der Waals surface area contributed by atoms with E-state index in [-0.39, 0.29) is 12.5 Å². The van der Waals surface area contributed by atoms with Crippen molar-refractivity contribution in [3.63, 3.8) is 0 Å². The molecule has 1 heterocycles. The fraction of sp³-hybridized carbons (Fsp3) is 0.409. The normalized spacial score (nSPS) is 12.5. The Morgan fingerprint density at radius 1 is 1.17 bits per heavy atom. The zero-order valence-corrected chi connectivity index (χ0v) is 17.6. The molecule has 0 aliphatic carbocycles. The zero-order valence-electron chi connectivity index (χ0n) is 17.6. The standard InChI is InChI=1S/C22H32N6O/c1-4-24-22(26-16-21(29)27-20-11-8-13-23-15-20)25-14-12-18(2)28(3)17-19-9-6-5-7-10-19/h5-11,13,15,18H,4,12,14,16-17H2,1-3H3,(H,27,29)(H2,24,25,26). The van der Waals surface area contributed by atoms with E-state index in [9.17, 15) is 4.79 Å². The van der Waals surface area contributed by atoms with Crippen LogP contribution in [-0.2, 0) is 11.3 Å². The van der Waals surface area contributed by atoms with E-state index in [0.717, 1.165) is 26.1 Å². The summed E-state index contributed by atoms with van der Waals surface area (Å²) in [7, 11) is 2.14. The van der Waals surface area contributed by atoms with Gasteiger partial charge in [-0.15, -0.1) is 0 Å². The summed E-state index contributed by atoms with van der Waals surface area (Å²) < 4.78 is 0. The molecule has 0 aliphatic heterocycles. The maximum atomic E-state index is 12.1. The largest absolute Gasteiger partial charge is 0.357 e. The van der Waals surface area contributed by atoms with E-state index in [0.29, 0.717) is 17.7 Å². The lowest BCUT2D eigenvalue weighted by atomic mass is 10.1. The number of guanidine groups is 1. The molecule has 1 amide bonds. The Morgan fingerprint density at radius 2 is 1.97 bits per heavy atom. The molecule has 0 bridgehead atoms. The van der Waals surface area contributed by atoms with Crippen LogP contribution in [0.5, 0.6) is 0 Å². The molecule has 0 radical (unpaired) electrons. The van der Waals surface area contributed by atoms with E-state index < -0.39 is 0 Å². The number of carbonyl (C=O) groups is 1. The first kappa shape index (κ1) is 22.4. The highest BCUT2D eigenvalue weighted by Crippen LogP contribution is 2.08. The molecule has 1 unspecified atom stereocenters. The summed E-state index contributed by atoms with van der Waals surface area (Å²) in [6.07, 6.45) is 4.24. The van der Waals surface area contributed by atoms with Gasteiger partial charge in [-0.3, -0.25) is 14.7 Å². The number of hydrogen-bond donors (Lipinski definition) is 3. The van der Waals surface area contributed by atoms with Gasteiger partial charge in [0.05, 0.1) is 11.9 Å². The van der Waals surface area contributed by atoms with Gasteiger partial charge in [0.2, 0.25) is 5.91 Å². The maximum Gasteiger partial charge on any atom is 0.246 e. The minimum atomic E-state index is -0.175. The Labute approximate surface area is 173 Å². The number of amides is 1. The van der Waals surface area contributed by atoms with Crippen LogP contribution in [0.15, 0.2) is 59.9 Å². The second kappa shape index (κ2) is 12.5. The highest BCUT2D eigenvalue weighted by Gasteiger charge is 2.10. The van der Waals surface area contributed by atoms with Crippen molar-refractivity contribution in [3.05, 3.63) is 60.4 Å². The summed E-state index contributed by atoms with van der Waals surface area (Å²) in [6.45, 7) is 6.70. The number of carbonyl (C=O) groups excluding carboxylic acids is 1. The van der Waals surface area contributed by atoms with Crippen molar-refractivity contribution in [1.29, 1.82) is 0 Å². The van der Waals surface area contributed by atoms with E-state index in [1.165, 1.54) is 5.56 Å². The summed E-state index contributed by atoms with van der Waals surface area (Å²) in [6, 6.07) is 14.5. The van der Waals surface area contributed by atoms with E-state index in [2.05, 4.69) is 69.1 Å². The van der Waals surface area contributed by atoms with Crippen LogP contribution in [0, 0.1) is 0 Å². The molecule has 7 nitrogen and oxygen atoms in total. The molecule has 29 heavy (non-hydrogen) atoms. The Bertz CT molecular complexity index is 750. The molecule has 0 spiro atoms. The Balaban J connectivity index is 1.75. The van der Waals surface area contributed by atoms with Gasteiger partial charge >= 0.3 is 0 Å². The number of nitrogens with zero attached hydrogens (tertiary/aromatic N) is 3. The quantitative estimate of drug-likeness (QED) is 0.425. The van der Waals surface area contributed by atoms with Crippen LogP contribution in [0.4, 0.5) is 5.69 Å². The van der Waals surface area contributed by atoms with Crippen LogP contribution in [0.25, 0.3) is 0 Å². The molecular formula is C22H32N6O. The van der Waals surface area contributed by atoms with Gasteiger partial charge in [-0.25, -0.2) is 4.99 Å². The van der Waals surface area contributed by atoms with Crippen molar-refractivity contribution in [2.45, 2.75) is 32.9 Å². The molecule has 1 atom stereocenters. The predicted octanol–water partition coefficient (Wildman–Crippen LogP) is 2.49. The van der Waals surface area contributed by atoms with Crippen molar-refractivity contribution in [1.82, 2.24) is 20.5 Å². The van der Waals surface area contributed by atoms with Crippen LogP contribution < -0.4 is 16.0 Å². The van der Waals surface area contributed by atoms with Crippen molar-refractivity contribution in [2.75, 3.05) is 32.0 Å². The molecule has 1 aromatic carbocycles. The molecule has 2 aromatic rings. The molecular weight excluding hydrogens is 364 g/mol. The lowest BCUT2D eigenvalue weighted by Gasteiger charge is -2.25. The molecule has 0 saturated carbocycles. The van der Waals surface area contributed by atoms with Crippen LogP contribution in [0.3, 0.4) is 0 Å². The molecule has 7 heteroatoms. The zero-order chi connectivity index (χ0) is 20.9. The summed E-state index contributed by atoms with van der Waals surface area (Å²) in [5.74, 6) is 0.470. The highest BCUT2D eigenvalue weighted by atomic mass is 16.1. The first-order chi connectivity index (χ1) is 14.1. The number of aliphatic imine (C=N–C) groups is 1. The van der Waals surface area contributed by atoms with Gasteiger partial charge in [-0.1, -0.05) is 30.3 Å². The van der Waals surface area contributed by atoms with Gasteiger partial charge in [0, 0.05) is 31.9 Å². The van der Waals surface area contributed by atoms with E-state index >= 15 is 0 Å². The summed E-state index contributed by atoms with van der Waals surface area (Å²) >= 11 is 0. The van der Waals surface area contributed by atoms with Gasteiger partial charge in [0.1, 0.15) is 6.54 Å². The minimum Gasteiger partial charge on any atom is -0.357 e. The van der Waals surface area contributed by atoms with Crippen LogP contribution in [0.2, 0.25) is 0 Å². The number of anilines is 1. The average Bonchev–Trinajstić information content (AvgIpc) is 2.73.